The van der Waals surface area contributed by atoms with Crippen molar-refractivity contribution in [3.8, 4) is 5.75 Å². The van der Waals surface area contributed by atoms with E-state index in [0.717, 1.165) is 25.7 Å². The second-order valence-corrected chi connectivity index (χ2v) is 10.0. The molecule has 10 nitrogen and oxygen atoms in total. The van der Waals surface area contributed by atoms with Gasteiger partial charge in [0.25, 0.3) is 0 Å². The molecular formula is C28H43N3O7. The summed E-state index contributed by atoms with van der Waals surface area (Å²) < 4.78 is 0. The van der Waals surface area contributed by atoms with Crippen molar-refractivity contribution in [1.29, 1.82) is 0 Å². The van der Waals surface area contributed by atoms with E-state index in [1.54, 1.807) is 12.1 Å². The Morgan fingerprint density at radius 1 is 0.868 bits per heavy atom. The van der Waals surface area contributed by atoms with Gasteiger partial charge in [-0.25, -0.2) is 0 Å². The molecule has 0 aliphatic rings. The summed E-state index contributed by atoms with van der Waals surface area (Å²) in [5.74, 6) is -2.56. The second kappa shape index (κ2) is 17.9. The maximum absolute atomic E-state index is 13.3. The van der Waals surface area contributed by atoms with E-state index >= 15 is 0 Å². The number of aromatic hydroxyl groups is 1. The highest BCUT2D eigenvalue weighted by atomic mass is 16.4. The lowest BCUT2D eigenvalue weighted by Gasteiger charge is -2.24. The SMILES string of the molecule is CCCCCCCC(=O)N[C@@H](Cc1ccc(O)cc1)C(=O)N[C@@H](CCC(=O)O)C(=O)N[C@H](C=O)CC(C)C. The highest BCUT2D eigenvalue weighted by Gasteiger charge is 2.28. The van der Waals surface area contributed by atoms with Gasteiger partial charge in [0, 0.05) is 19.3 Å². The van der Waals surface area contributed by atoms with E-state index in [4.69, 9.17) is 5.11 Å². The van der Waals surface area contributed by atoms with Gasteiger partial charge in [-0.2, -0.15) is 0 Å². The van der Waals surface area contributed by atoms with Crippen LogP contribution in [0.15, 0.2) is 24.3 Å². The zero-order valence-electron chi connectivity index (χ0n) is 22.7. The summed E-state index contributed by atoms with van der Waals surface area (Å²) in [6, 6.07) is 3.19. The average Bonchev–Trinajstić information content (AvgIpc) is 2.86. The van der Waals surface area contributed by atoms with Gasteiger partial charge in [-0.15, -0.1) is 0 Å². The fourth-order valence-electron chi connectivity index (χ4n) is 3.98. The van der Waals surface area contributed by atoms with Crippen LogP contribution < -0.4 is 16.0 Å². The van der Waals surface area contributed by atoms with Crippen LogP contribution in [-0.2, 0) is 30.4 Å². The van der Waals surface area contributed by atoms with Crippen molar-refractivity contribution in [1.82, 2.24) is 16.0 Å². The van der Waals surface area contributed by atoms with Crippen LogP contribution in [0.25, 0.3) is 0 Å². The van der Waals surface area contributed by atoms with Gasteiger partial charge in [-0.1, -0.05) is 58.6 Å². The summed E-state index contributed by atoms with van der Waals surface area (Å²) in [6.07, 6.45) is 5.60. The van der Waals surface area contributed by atoms with Gasteiger partial charge in [-0.3, -0.25) is 19.2 Å². The first kappa shape index (κ1) is 32.6. The largest absolute Gasteiger partial charge is 0.508 e. The molecule has 0 radical (unpaired) electrons. The zero-order valence-corrected chi connectivity index (χ0v) is 22.7. The molecule has 1 aromatic carbocycles. The Labute approximate surface area is 225 Å². The van der Waals surface area contributed by atoms with Crippen LogP contribution in [0.5, 0.6) is 5.75 Å². The van der Waals surface area contributed by atoms with Gasteiger partial charge >= 0.3 is 5.97 Å². The van der Waals surface area contributed by atoms with Crippen molar-refractivity contribution in [2.24, 2.45) is 5.92 Å². The summed E-state index contributed by atoms with van der Waals surface area (Å²) in [5, 5.41) is 26.6. The summed E-state index contributed by atoms with van der Waals surface area (Å²) >= 11 is 0. The van der Waals surface area contributed by atoms with Gasteiger partial charge in [-0.05, 0) is 42.9 Å². The van der Waals surface area contributed by atoms with Crippen molar-refractivity contribution < 1.29 is 34.2 Å². The Morgan fingerprint density at radius 2 is 1.50 bits per heavy atom. The fourth-order valence-corrected chi connectivity index (χ4v) is 3.98. The second-order valence-electron chi connectivity index (χ2n) is 10.0. The molecule has 1 rings (SSSR count). The molecule has 38 heavy (non-hydrogen) atoms. The number of rotatable bonds is 19. The van der Waals surface area contributed by atoms with Gasteiger partial charge in [0.15, 0.2) is 0 Å². The third kappa shape index (κ3) is 13.8. The maximum Gasteiger partial charge on any atom is 0.303 e. The van der Waals surface area contributed by atoms with Crippen LogP contribution in [0.1, 0.15) is 84.1 Å². The monoisotopic (exact) mass is 533 g/mol. The van der Waals surface area contributed by atoms with Crippen molar-refractivity contribution in [2.75, 3.05) is 0 Å². The molecule has 1 aromatic rings. The molecule has 3 atom stereocenters. The highest BCUT2D eigenvalue weighted by Crippen LogP contribution is 2.13. The van der Waals surface area contributed by atoms with Crippen molar-refractivity contribution >= 4 is 30.0 Å². The molecule has 0 saturated carbocycles. The Morgan fingerprint density at radius 3 is 2.08 bits per heavy atom. The standard InChI is InChI=1S/C28H43N3O7/c1-4-5-6-7-8-9-25(34)30-24(17-20-10-12-22(33)13-11-20)28(38)31-23(14-15-26(35)36)27(37)29-21(18-32)16-19(2)3/h10-13,18-19,21,23-24,33H,4-9,14-17H2,1-3H3,(H,29,37)(H,30,34)(H,31,38)(H,35,36)/t21-,23-,24-/m0/s1. The summed E-state index contributed by atoms with van der Waals surface area (Å²) in [4.78, 5) is 61.4. The quantitative estimate of drug-likeness (QED) is 0.135. The van der Waals surface area contributed by atoms with E-state index in [-0.39, 0.29) is 43.3 Å². The lowest BCUT2D eigenvalue weighted by atomic mass is 10.0. The third-order valence-electron chi connectivity index (χ3n) is 6.03. The summed E-state index contributed by atoms with van der Waals surface area (Å²) in [5.41, 5.74) is 0.677. The molecule has 0 aromatic heterocycles. The van der Waals surface area contributed by atoms with Crippen LogP contribution in [0.3, 0.4) is 0 Å². The number of nitrogens with one attached hydrogen (secondary N) is 3. The number of benzene rings is 1. The lowest BCUT2D eigenvalue weighted by molar-refractivity contribution is -0.138. The Kier molecular flexibility index (Phi) is 15.4. The average molecular weight is 534 g/mol. The molecule has 0 saturated heterocycles. The van der Waals surface area contributed by atoms with Gasteiger partial charge in [0.2, 0.25) is 17.7 Å². The number of amides is 3. The predicted molar refractivity (Wildman–Crippen MR) is 143 cm³/mol. The number of carbonyl (C=O) groups is 5. The third-order valence-corrected chi connectivity index (χ3v) is 6.03. The van der Waals surface area contributed by atoms with Crippen molar-refractivity contribution in [3.63, 3.8) is 0 Å². The van der Waals surface area contributed by atoms with Gasteiger partial charge in [0.1, 0.15) is 24.1 Å². The minimum atomic E-state index is -1.21. The number of hydrogen-bond acceptors (Lipinski definition) is 6. The fraction of sp³-hybridized carbons (Fsp3) is 0.607. The van der Waals surface area contributed by atoms with E-state index in [1.807, 2.05) is 13.8 Å². The van der Waals surface area contributed by atoms with Crippen LogP contribution in [0.2, 0.25) is 0 Å². The minimum absolute atomic E-state index is 0.0578. The van der Waals surface area contributed by atoms with Crippen LogP contribution in [0.4, 0.5) is 0 Å². The van der Waals surface area contributed by atoms with E-state index in [2.05, 4.69) is 22.9 Å². The van der Waals surface area contributed by atoms with E-state index < -0.39 is 35.9 Å². The smallest absolute Gasteiger partial charge is 0.303 e. The molecule has 0 aliphatic heterocycles. The van der Waals surface area contributed by atoms with E-state index in [1.165, 1.54) is 12.1 Å². The number of carboxylic acid groups (broad SMARTS) is 1. The zero-order chi connectivity index (χ0) is 28.5. The first-order valence-corrected chi connectivity index (χ1v) is 13.4. The number of aliphatic carboxylic acids is 1. The number of carbonyl (C=O) groups excluding carboxylic acids is 4. The van der Waals surface area contributed by atoms with Crippen molar-refractivity contribution in [3.05, 3.63) is 29.8 Å². The molecule has 10 heteroatoms. The summed E-state index contributed by atoms with van der Waals surface area (Å²) in [6.45, 7) is 5.90. The molecule has 0 fully saturated rings. The molecular weight excluding hydrogens is 490 g/mol. The lowest BCUT2D eigenvalue weighted by Crippen LogP contribution is -2.55. The number of carboxylic acids is 1. The molecule has 0 heterocycles. The van der Waals surface area contributed by atoms with Crippen molar-refractivity contribution in [2.45, 2.75) is 103 Å². The number of hydrogen-bond donors (Lipinski definition) is 5. The molecule has 0 spiro atoms. The van der Waals surface area contributed by atoms with Crippen LogP contribution >= 0.6 is 0 Å². The molecule has 3 amide bonds. The number of phenols is 1. The van der Waals surface area contributed by atoms with Gasteiger partial charge in [0.05, 0.1) is 6.04 Å². The predicted octanol–water partition coefficient (Wildman–Crippen LogP) is 2.86. The van der Waals surface area contributed by atoms with Gasteiger partial charge < -0.3 is 31.0 Å². The van der Waals surface area contributed by atoms with Crippen LogP contribution in [0, 0.1) is 5.92 Å². The van der Waals surface area contributed by atoms with E-state index in [9.17, 15) is 29.1 Å². The minimum Gasteiger partial charge on any atom is -0.508 e. The number of unbranched alkanes of at least 4 members (excludes halogenated alkanes) is 4. The molecule has 212 valence electrons. The Bertz CT molecular complexity index is 902. The Hall–Kier alpha value is -3.43. The number of aldehydes is 1. The molecule has 5 N–H and O–H groups in total. The number of phenolic OH excluding ortho intramolecular Hbond substituents is 1. The highest BCUT2D eigenvalue weighted by molar-refractivity contribution is 5.93. The topological polar surface area (TPSA) is 162 Å². The Balaban J connectivity index is 3.00. The molecule has 0 aliphatic carbocycles. The first-order valence-electron chi connectivity index (χ1n) is 13.4. The van der Waals surface area contributed by atoms with E-state index in [0.29, 0.717) is 24.7 Å². The normalized spacial score (nSPS) is 13.3. The summed E-state index contributed by atoms with van der Waals surface area (Å²) in [7, 11) is 0. The first-order chi connectivity index (χ1) is 18.0. The maximum atomic E-state index is 13.3. The molecule has 0 bridgehead atoms. The molecule has 0 unspecified atom stereocenters. The van der Waals surface area contributed by atoms with Crippen LogP contribution in [-0.4, -0.2) is 58.3 Å².